The van der Waals surface area contributed by atoms with Crippen LogP contribution >= 0.6 is 0 Å². The molecule has 0 radical (unpaired) electrons. The van der Waals surface area contributed by atoms with Crippen LogP contribution in [0.2, 0.25) is 0 Å². The van der Waals surface area contributed by atoms with Crippen molar-refractivity contribution in [2.24, 2.45) is 0 Å². The lowest BCUT2D eigenvalue weighted by molar-refractivity contribution is -0.138. The predicted octanol–water partition coefficient (Wildman–Crippen LogP) is 1.22. The fraction of sp³-hybridized carbons (Fsp3) is 0.529. The van der Waals surface area contributed by atoms with Crippen LogP contribution < -0.4 is 5.32 Å². The minimum Gasteiger partial charge on any atom is -0.354 e. The first-order chi connectivity index (χ1) is 11.0. The topological polar surface area (TPSA) is 67.9 Å². The standard InChI is InChI=1S/C17H24N2O4/c1-12-4-6-13(7-5-12)11-19-14(8-9-15(19)20)17(21)18-10-16(22-2)23-3/h4-7,14,16H,8-11H2,1-3H3,(H,18,21). The first-order valence-electron chi connectivity index (χ1n) is 7.73. The first kappa shape index (κ1) is 17.4. The normalized spacial score (nSPS) is 17.8. The molecule has 1 aromatic rings. The van der Waals surface area contributed by atoms with E-state index in [1.807, 2.05) is 31.2 Å². The Labute approximate surface area is 136 Å². The number of rotatable bonds is 7. The van der Waals surface area contributed by atoms with Gasteiger partial charge in [-0.25, -0.2) is 0 Å². The van der Waals surface area contributed by atoms with Gasteiger partial charge in [0.1, 0.15) is 6.04 Å². The number of ether oxygens (including phenoxy) is 2. The van der Waals surface area contributed by atoms with E-state index in [0.29, 0.717) is 19.4 Å². The highest BCUT2D eigenvalue weighted by Crippen LogP contribution is 2.22. The van der Waals surface area contributed by atoms with E-state index in [9.17, 15) is 9.59 Å². The summed E-state index contributed by atoms with van der Waals surface area (Å²) in [5.74, 6) is -0.150. The van der Waals surface area contributed by atoms with Crippen LogP contribution in [0.25, 0.3) is 0 Å². The molecule has 1 unspecified atom stereocenters. The Hall–Kier alpha value is -1.92. The van der Waals surface area contributed by atoms with E-state index >= 15 is 0 Å². The van der Waals surface area contributed by atoms with Crippen LogP contribution in [0.15, 0.2) is 24.3 Å². The van der Waals surface area contributed by atoms with E-state index in [1.165, 1.54) is 19.8 Å². The number of hydrogen-bond acceptors (Lipinski definition) is 4. The maximum atomic E-state index is 12.4. The molecular formula is C17H24N2O4. The Balaban J connectivity index is 1.98. The molecule has 1 saturated heterocycles. The summed E-state index contributed by atoms with van der Waals surface area (Å²) in [4.78, 5) is 26.1. The summed E-state index contributed by atoms with van der Waals surface area (Å²) >= 11 is 0. The van der Waals surface area contributed by atoms with Crippen LogP contribution in [0.4, 0.5) is 0 Å². The lowest BCUT2D eigenvalue weighted by atomic mass is 10.1. The molecule has 1 heterocycles. The van der Waals surface area contributed by atoms with Gasteiger partial charge in [0.25, 0.3) is 0 Å². The van der Waals surface area contributed by atoms with Crippen LogP contribution in [0.3, 0.4) is 0 Å². The van der Waals surface area contributed by atoms with E-state index in [0.717, 1.165) is 5.56 Å². The Bertz CT molecular complexity index is 540. The van der Waals surface area contributed by atoms with Gasteiger partial charge >= 0.3 is 0 Å². The molecule has 6 heteroatoms. The van der Waals surface area contributed by atoms with E-state index in [2.05, 4.69) is 5.32 Å². The third-order valence-corrected chi connectivity index (χ3v) is 4.07. The molecule has 2 rings (SSSR count). The summed E-state index contributed by atoms with van der Waals surface area (Å²) in [6, 6.07) is 7.56. The molecular weight excluding hydrogens is 296 g/mol. The number of amides is 2. The molecule has 1 aliphatic heterocycles. The fourth-order valence-electron chi connectivity index (χ4n) is 2.66. The van der Waals surface area contributed by atoms with Crippen molar-refractivity contribution in [1.82, 2.24) is 10.2 Å². The summed E-state index contributed by atoms with van der Waals surface area (Å²) < 4.78 is 10.1. The molecule has 1 atom stereocenters. The maximum Gasteiger partial charge on any atom is 0.243 e. The van der Waals surface area contributed by atoms with Gasteiger partial charge in [-0.05, 0) is 18.9 Å². The van der Waals surface area contributed by atoms with E-state index in [4.69, 9.17) is 9.47 Å². The third kappa shape index (κ3) is 4.53. The zero-order chi connectivity index (χ0) is 16.8. The molecule has 0 spiro atoms. The molecule has 23 heavy (non-hydrogen) atoms. The van der Waals surface area contributed by atoms with Crippen molar-refractivity contribution >= 4 is 11.8 Å². The zero-order valence-electron chi connectivity index (χ0n) is 13.9. The van der Waals surface area contributed by atoms with Crippen LogP contribution in [0.5, 0.6) is 0 Å². The number of aryl methyl sites for hydroxylation is 1. The Morgan fingerprint density at radius 1 is 1.30 bits per heavy atom. The summed E-state index contributed by atoms with van der Waals surface area (Å²) in [6.45, 7) is 2.73. The Morgan fingerprint density at radius 3 is 2.57 bits per heavy atom. The molecule has 0 bridgehead atoms. The molecule has 1 N–H and O–H groups in total. The lowest BCUT2D eigenvalue weighted by Gasteiger charge is -2.25. The largest absolute Gasteiger partial charge is 0.354 e. The van der Waals surface area contributed by atoms with Gasteiger partial charge in [-0.3, -0.25) is 9.59 Å². The van der Waals surface area contributed by atoms with Crippen LogP contribution in [-0.2, 0) is 25.6 Å². The molecule has 1 aromatic carbocycles. The van der Waals surface area contributed by atoms with Gasteiger partial charge in [-0.2, -0.15) is 0 Å². The van der Waals surface area contributed by atoms with Gasteiger partial charge < -0.3 is 19.7 Å². The van der Waals surface area contributed by atoms with Crippen molar-refractivity contribution in [3.63, 3.8) is 0 Å². The summed E-state index contributed by atoms with van der Waals surface area (Å²) in [6.07, 6.45) is 0.463. The maximum absolute atomic E-state index is 12.4. The molecule has 0 saturated carbocycles. The Morgan fingerprint density at radius 2 is 1.96 bits per heavy atom. The monoisotopic (exact) mass is 320 g/mol. The van der Waals surface area contributed by atoms with Crippen molar-refractivity contribution in [3.05, 3.63) is 35.4 Å². The van der Waals surface area contributed by atoms with E-state index < -0.39 is 12.3 Å². The highest BCUT2D eigenvalue weighted by Gasteiger charge is 2.35. The predicted molar refractivity (Wildman–Crippen MR) is 85.6 cm³/mol. The molecule has 6 nitrogen and oxygen atoms in total. The van der Waals surface area contributed by atoms with Gasteiger partial charge in [0.2, 0.25) is 11.8 Å². The van der Waals surface area contributed by atoms with Gasteiger partial charge in [-0.1, -0.05) is 29.8 Å². The number of carbonyl (C=O) groups excluding carboxylic acids is 2. The number of hydrogen-bond donors (Lipinski definition) is 1. The SMILES string of the molecule is COC(CNC(=O)C1CCC(=O)N1Cc1ccc(C)cc1)OC. The molecule has 1 aliphatic rings. The Kier molecular flexibility index (Phi) is 6.12. The second kappa shape index (κ2) is 8.08. The minimum absolute atomic E-state index is 0.0146. The number of benzene rings is 1. The van der Waals surface area contributed by atoms with Gasteiger partial charge in [-0.15, -0.1) is 0 Å². The minimum atomic E-state index is -0.485. The van der Waals surface area contributed by atoms with Crippen LogP contribution in [-0.4, -0.2) is 49.8 Å². The second-order valence-electron chi connectivity index (χ2n) is 5.71. The van der Waals surface area contributed by atoms with Crippen molar-refractivity contribution in [2.75, 3.05) is 20.8 Å². The molecule has 126 valence electrons. The molecule has 0 aromatic heterocycles. The van der Waals surface area contributed by atoms with Crippen molar-refractivity contribution < 1.29 is 19.1 Å². The average Bonchev–Trinajstić information content (AvgIpc) is 2.91. The van der Waals surface area contributed by atoms with Crippen molar-refractivity contribution in [3.8, 4) is 0 Å². The van der Waals surface area contributed by atoms with Gasteiger partial charge in [0, 0.05) is 27.2 Å². The molecule has 1 fully saturated rings. The highest BCUT2D eigenvalue weighted by molar-refractivity contribution is 5.90. The number of nitrogens with one attached hydrogen (secondary N) is 1. The van der Waals surface area contributed by atoms with Gasteiger partial charge in [0.15, 0.2) is 6.29 Å². The van der Waals surface area contributed by atoms with Crippen molar-refractivity contribution in [2.45, 2.75) is 38.6 Å². The van der Waals surface area contributed by atoms with Crippen molar-refractivity contribution in [1.29, 1.82) is 0 Å². The van der Waals surface area contributed by atoms with Gasteiger partial charge in [0.05, 0.1) is 6.54 Å². The number of methoxy groups -OCH3 is 2. The molecule has 0 aliphatic carbocycles. The lowest BCUT2D eigenvalue weighted by Crippen LogP contribution is -2.46. The van der Waals surface area contributed by atoms with Crippen LogP contribution in [0, 0.1) is 6.92 Å². The zero-order valence-corrected chi connectivity index (χ0v) is 13.9. The highest BCUT2D eigenvalue weighted by atomic mass is 16.7. The van der Waals surface area contributed by atoms with E-state index in [-0.39, 0.29) is 18.4 Å². The number of nitrogens with zero attached hydrogens (tertiary/aromatic N) is 1. The fourth-order valence-corrected chi connectivity index (χ4v) is 2.66. The smallest absolute Gasteiger partial charge is 0.243 e. The quantitative estimate of drug-likeness (QED) is 0.767. The summed E-state index contributed by atoms with van der Waals surface area (Å²) in [7, 11) is 3.03. The molecule has 2 amide bonds. The van der Waals surface area contributed by atoms with Crippen LogP contribution in [0.1, 0.15) is 24.0 Å². The summed E-state index contributed by atoms with van der Waals surface area (Å²) in [5.41, 5.74) is 2.19. The number of carbonyl (C=O) groups is 2. The average molecular weight is 320 g/mol. The number of likely N-dealkylation sites (tertiary alicyclic amines) is 1. The summed E-state index contributed by atoms with van der Waals surface area (Å²) in [5, 5.41) is 2.79. The van der Waals surface area contributed by atoms with E-state index in [1.54, 1.807) is 4.90 Å². The first-order valence-corrected chi connectivity index (χ1v) is 7.73. The third-order valence-electron chi connectivity index (χ3n) is 4.07. The second-order valence-corrected chi connectivity index (χ2v) is 5.71.